The first-order chi connectivity index (χ1) is 13.2. The summed E-state index contributed by atoms with van der Waals surface area (Å²) in [6.45, 7) is 3.57. The molecule has 0 spiro atoms. The number of halogens is 1. The van der Waals surface area contributed by atoms with Crippen molar-refractivity contribution in [3.63, 3.8) is 0 Å². The van der Waals surface area contributed by atoms with Crippen molar-refractivity contribution in [2.24, 2.45) is 4.99 Å². The van der Waals surface area contributed by atoms with Crippen LogP contribution in [0.15, 0.2) is 53.3 Å². The van der Waals surface area contributed by atoms with Crippen LogP contribution in [0.2, 0.25) is 0 Å². The van der Waals surface area contributed by atoms with Gasteiger partial charge in [-0.3, -0.25) is 9.98 Å². The lowest BCUT2D eigenvalue weighted by atomic mass is 9.97. The third kappa shape index (κ3) is 3.39. The Balaban J connectivity index is 1.54. The van der Waals surface area contributed by atoms with Gasteiger partial charge >= 0.3 is 0 Å². The SMILES string of the molecule is CCc1cc(N2CCC3N=C(c4ccccn4)NC=C3C2)cc(OC)c1F. The molecule has 2 aliphatic rings. The van der Waals surface area contributed by atoms with Gasteiger partial charge in [-0.05, 0) is 42.2 Å². The topological polar surface area (TPSA) is 49.8 Å². The fourth-order valence-electron chi connectivity index (χ4n) is 3.60. The number of nitrogens with zero attached hydrogens (tertiary/aromatic N) is 3. The molecule has 6 heteroatoms. The number of hydrogen-bond donors (Lipinski definition) is 1. The van der Waals surface area contributed by atoms with Gasteiger partial charge < -0.3 is 15.0 Å². The molecule has 1 unspecified atom stereocenters. The number of aliphatic imine (C=N–C) groups is 1. The van der Waals surface area contributed by atoms with Crippen molar-refractivity contribution in [2.75, 3.05) is 25.1 Å². The Morgan fingerprint density at radius 1 is 1.33 bits per heavy atom. The van der Waals surface area contributed by atoms with E-state index in [4.69, 9.17) is 9.73 Å². The molecule has 1 N–H and O–H groups in total. The van der Waals surface area contributed by atoms with Crippen LogP contribution in [0.25, 0.3) is 0 Å². The summed E-state index contributed by atoms with van der Waals surface area (Å²) in [5.41, 5.74) is 3.75. The molecule has 5 nitrogen and oxygen atoms in total. The number of aromatic nitrogens is 1. The van der Waals surface area contributed by atoms with E-state index in [1.165, 1.54) is 12.7 Å². The van der Waals surface area contributed by atoms with Gasteiger partial charge in [-0.1, -0.05) is 13.0 Å². The van der Waals surface area contributed by atoms with Crippen LogP contribution in [-0.2, 0) is 6.42 Å². The summed E-state index contributed by atoms with van der Waals surface area (Å²) in [6, 6.07) is 9.69. The summed E-state index contributed by atoms with van der Waals surface area (Å²) in [5, 5.41) is 3.27. The first-order valence-electron chi connectivity index (χ1n) is 9.25. The van der Waals surface area contributed by atoms with Crippen LogP contribution in [0, 0.1) is 5.82 Å². The standard InChI is InChI=1S/C21H23FN4O/c1-3-14-10-16(11-19(27-2)20(14)22)26-9-7-17-15(13-26)12-24-21(25-17)18-6-4-5-8-23-18/h4-6,8,10-12,17H,3,7,9,13H2,1-2H3,(H,24,25). The summed E-state index contributed by atoms with van der Waals surface area (Å²) in [6.07, 6.45) is 5.35. The lowest BCUT2D eigenvalue weighted by Crippen LogP contribution is -2.41. The second kappa shape index (κ2) is 7.39. The fraction of sp³-hybridized carbons (Fsp3) is 0.333. The van der Waals surface area contributed by atoms with Crippen molar-refractivity contribution in [3.8, 4) is 5.75 Å². The highest BCUT2D eigenvalue weighted by molar-refractivity contribution is 5.98. The second-order valence-corrected chi connectivity index (χ2v) is 6.76. The highest BCUT2D eigenvalue weighted by atomic mass is 19.1. The zero-order valence-corrected chi connectivity index (χ0v) is 15.6. The molecule has 0 saturated carbocycles. The van der Waals surface area contributed by atoms with Gasteiger partial charge in [-0.2, -0.15) is 0 Å². The van der Waals surface area contributed by atoms with Gasteiger partial charge in [-0.15, -0.1) is 0 Å². The third-order valence-corrected chi connectivity index (χ3v) is 5.13. The van der Waals surface area contributed by atoms with E-state index in [9.17, 15) is 4.39 Å². The smallest absolute Gasteiger partial charge is 0.168 e. The molecule has 27 heavy (non-hydrogen) atoms. The molecule has 0 radical (unpaired) electrons. The number of nitrogens with one attached hydrogen (secondary N) is 1. The molecule has 1 saturated heterocycles. The quantitative estimate of drug-likeness (QED) is 0.902. The van der Waals surface area contributed by atoms with Gasteiger partial charge in [0.2, 0.25) is 0 Å². The number of methoxy groups -OCH3 is 1. The molecule has 1 fully saturated rings. The van der Waals surface area contributed by atoms with Crippen molar-refractivity contribution in [3.05, 3.63) is 65.4 Å². The highest BCUT2D eigenvalue weighted by Crippen LogP contribution is 2.32. The third-order valence-electron chi connectivity index (χ3n) is 5.13. The van der Waals surface area contributed by atoms with E-state index in [1.807, 2.05) is 37.4 Å². The molecule has 0 aliphatic carbocycles. The van der Waals surface area contributed by atoms with E-state index >= 15 is 0 Å². The highest BCUT2D eigenvalue weighted by Gasteiger charge is 2.28. The van der Waals surface area contributed by atoms with Crippen LogP contribution in [-0.4, -0.2) is 37.1 Å². The number of benzene rings is 1. The lowest BCUT2D eigenvalue weighted by Gasteiger charge is -2.36. The lowest BCUT2D eigenvalue weighted by molar-refractivity contribution is 0.384. The molecular formula is C21H23FN4O. The van der Waals surface area contributed by atoms with Crippen molar-refractivity contribution in [1.29, 1.82) is 0 Å². The normalized spacial score (nSPS) is 18.9. The van der Waals surface area contributed by atoms with Crippen LogP contribution in [0.4, 0.5) is 10.1 Å². The van der Waals surface area contributed by atoms with Crippen LogP contribution >= 0.6 is 0 Å². The van der Waals surface area contributed by atoms with Crippen molar-refractivity contribution >= 4 is 11.5 Å². The minimum absolute atomic E-state index is 0.160. The van der Waals surface area contributed by atoms with Gasteiger partial charge in [-0.25, -0.2) is 4.39 Å². The molecule has 1 atom stereocenters. The maximum absolute atomic E-state index is 14.3. The molecule has 1 aromatic heterocycles. The van der Waals surface area contributed by atoms with Crippen molar-refractivity contribution < 1.29 is 9.13 Å². The zero-order chi connectivity index (χ0) is 18.8. The largest absolute Gasteiger partial charge is 0.494 e. The molecule has 140 valence electrons. The summed E-state index contributed by atoms with van der Waals surface area (Å²) in [7, 11) is 1.51. The number of piperidine rings is 1. The number of anilines is 1. The number of aryl methyl sites for hydroxylation is 1. The Morgan fingerprint density at radius 2 is 2.22 bits per heavy atom. The van der Waals surface area contributed by atoms with Crippen LogP contribution < -0.4 is 15.0 Å². The first kappa shape index (κ1) is 17.5. The number of amidine groups is 1. The maximum atomic E-state index is 14.3. The molecule has 2 aromatic rings. The summed E-state index contributed by atoms with van der Waals surface area (Å²) in [4.78, 5) is 11.5. The van der Waals surface area contributed by atoms with E-state index in [0.717, 1.165) is 36.7 Å². The predicted octanol–water partition coefficient (Wildman–Crippen LogP) is 3.30. The Kier molecular flexibility index (Phi) is 4.79. The molecular weight excluding hydrogens is 343 g/mol. The molecule has 0 amide bonds. The average molecular weight is 366 g/mol. The van der Waals surface area contributed by atoms with Crippen molar-refractivity contribution in [2.45, 2.75) is 25.8 Å². The zero-order valence-electron chi connectivity index (χ0n) is 15.6. The van der Waals surface area contributed by atoms with Gasteiger partial charge in [0.05, 0.1) is 13.2 Å². The summed E-state index contributed by atoms with van der Waals surface area (Å²) < 4.78 is 19.5. The monoisotopic (exact) mass is 366 g/mol. The van der Waals surface area contributed by atoms with Crippen LogP contribution in [0.5, 0.6) is 5.75 Å². The molecule has 0 bridgehead atoms. The predicted molar refractivity (Wildman–Crippen MR) is 105 cm³/mol. The van der Waals surface area contributed by atoms with Crippen LogP contribution in [0.3, 0.4) is 0 Å². The average Bonchev–Trinajstić information content (AvgIpc) is 2.73. The number of fused-ring (bicyclic) bond motifs is 1. The van der Waals surface area contributed by atoms with E-state index in [1.54, 1.807) is 12.3 Å². The van der Waals surface area contributed by atoms with Gasteiger partial charge in [0.1, 0.15) is 5.69 Å². The molecule has 2 aliphatic heterocycles. The Labute approximate surface area is 158 Å². The van der Waals surface area contributed by atoms with E-state index in [2.05, 4.69) is 15.2 Å². The fourth-order valence-corrected chi connectivity index (χ4v) is 3.60. The van der Waals surface area contributed by atoms with E-state index in [0.29, 0.717) is 17.7 Å². The minimum atomic E-state index is -0.262. The molecule has 4 rings (SSSR count). The number of rotatable bonds is 4. The van der Waals surface area contributed by atoms with Gasteiger partial charge in [0.25, 0.3) is 0 Å². The number of pyridine rings is 1. The van der Waals surface area contributed by atoms with Gasteiger partial charge in [0.15, 0.2) is 17.4 Å². The van der Waals surface area contributed by atoms with Gasteiger partial charge in [0, 0.05) is 37.2 Å². The molecule has 3 heterocycles. The number of ether oxygens (including phenoxy) is 1. The second-order valence-electron chi connectivity index (χ2n) is 6.76. The van der Waals surface area contributed by atoms with E-state index < -0.39 is 0 Å². The summed E-state index contributed by atoms with van der Waals surface area (Å²) in [5.74, 6) is 0.856. The first-order valence-corrected chi connectivity index (χ1v) is 9.25. The van der Waals surface area contributed by atoms with Crippen LogP contribution in [0.1, 0.15) is 24.6 Å². The summed E-state index contributed by atoms with van der Waals surface area (Å²) >= 11 is 0. The minimum Gasteiger partial charge on any atom is -0.494 e. The molecule has 1 aromatic carbocycles. The maximum Gasteiger partial charge on any atom is 0.168 e. The van der Waals surface area contributed by atoms with E-state index in [-0.39, 0.29) is 11.9 Å². The number of hydrogen-bond acceptors (Lipinski definition) is 5. The Hall–Kier alpha value is -2.89. The van der Waals surface area contributed by atoms with Crippen molar-refractivity contribution in [1.82, 2.24) is 10.3 Å². The Bertz CT molecular complexity index is 869. The Morgan fingerprint density at radius 3 is 2.96 bits per heavy atom.